The third-order valence-corrected chi connectivity index (χ3v) is 9.39. The molecule has 1 aromatic carbocycles. The molecule has 0 radical (unpaired) electrons. The Bertz CT molecular complexity index is 990. The van der Waals surface area contributed by atoms with Crippen LogP contribution < -0.4 is 0 Å². The molecule has 1 aromatic rings. The van der Waals surface area contributed by atoms with Crippen LogP contribution in [0.15, 0.2) is 42.5 Å². The summed E-state index contributed by atoms with van der Waals surface area (Å²) in [4.78, 5) is 12.2. The molecule has 0 amide bonds. The maximum absolute atomic E-state index is 12.2. The van der Waals surface area contributed by atoms with Crippen LogP contribution in [0.1, 0.15) is 75.8 Å². The molecule has 4 aliphatic rings. The molecule has 3 saturated carbocycles. The summed E-state index contributed by atoms with van der Waals surface area (Å²) >= 11 is 0. The summed E-state index contributed by atoms with van der Waals surface area (Å²) in [7, 11) is 0. The molecule has 5 rings (SSSR count). The van der Waals surface area contributed by atoms with Crippen molar-refractivity contribution in [1.82, 2.24) is 0 Å². The average molecular weight is 415 g/mol. The van der Waals surface area contributed by atoms with Crippen LogP contribution in [0, 0.1) is 40.9 Å². The van der Waals surface area contributed by atoms with E-state index in [0.29, 0.717) is 41.8 Å². The van der Waals surface area contributed by atoms with Gasteiger partial charge in [0.05, 0.1) is 0 Å². The molecule has 7 atom stereocenters. The Labute approximate surface area is 186 Å². The van der Waals surface area contributed by atoms with Gasteiger partial charge < -0.3 is 5.11 Å². The van der Waals surface area contributed by atoms with Gasteiger partial charge in [-0.1, -0.05) is 55.3 Å². The van der Waals surface area contributed by atoms with Crippen molar-refractivity contribution in [3.63, 3.8) is 0 Å². The van der Waals surface area contributed by atoms with Crippen molar-refractivity contribution >= 4 is 11.9 Å². The molecule has 3 fully saturated rings. The van der Waals surface area contributed by atoms with Crippen molar-refractivity contribution < 1.29 is 9.90 Å². The minimum absolute atomic E-state index is 0.190. The maximum atomic E-state index is 12.2. The predicted molar refractivity (Wildman–Crippen MR) is 125 cm³/mol. The molecule has 0 saturated heterocycles. The normalized spacial score (nSPS) is 41.2. The molecule has 162 valence electrons. The van der Waals surface area contributed by atoms with Gasteiger partial charge in [-0.3, -0.25) is 4.79 Å². The van der Waals surface area contributed by atoms with Gasteiger partial charge in [0.2, 0.25) is 0 Å². The zero-order valence-corrected chi connectivity index (χ0v) is 18.9. The second-order valence-electron chi connectivity index (χ2n) is 10.6. The van der Waals surface area contributed by atoms with Gasteiger partial charge in [-0.2, -0.15) is 0 Å². The van der Waals surface area contributed by atoms with Gasteiger partial charge in [0.1, 0.15) is 5.60 Å². The Hall–Kier alpha value is -2.11. The summed E-state index contributed by atoms with van der Waals surface area (Å²) < 4.78 is 0. The smallest absolute Gasteiger partial charge is 0.155 e. The van der Waals surface area contributed by atoms with Crippen molar-refractivity contribution in [3.05, 3.63) is 53.6 Å². The molecule has 0 aliphatic heterocycles. The van der Waals surface area contributed by atoms with E-state index in [1.165, 1.54) is 11.1 Å². The molecule has 2 heteroatoms. The molecule has 0 unspecified atom stereocenters. The van der Waals surface area contributed by atoms with E-state index in [1.807, 2.05) is 19.1 Å². The van der Waals surface area contributed by atoms with Gasteiger partial charge in [0, 0.05) is 11.8 Å². The van der Waals surface area contributed by atoms with E-state index in [2.05, 4.69) is 49.6 Å². The highest BCUT2D eigenvalue weighted by atomic mass is 16.3. The fourth-order valence-corrected chi connectivity index (χ4v) is 7.95. The molecule has 31 heavy (non-hydrogen) atoms. The van der Waals surface area contributed by atoms with Gasteiger partial charge >= 0.3 is 0 Å². The standard InChI is InChI=1S/C29H34O2/c1-4-15-29(31)16-14-26-24-12-10-21-17-22(30)11-13-23(21)27(24)25(18-28(26,29)3)20-8-6-19(5-2)7-9-20/h5-9,17,23-27,31H,2,10-14,16,18H2,1,3H3/t23-,24-,25+,26-,27+,28-,29-/m0/s1. The number of carbonyl (C=O) groups is 1. The summed E-state index contributed by atoms with van der Waals surface area (Å²) in [6.45, 7) is 8.07. The first-order valence-corrected chi connectivity index (χ1v) is 12.0. The molecule has 0 bridgehead atoms. The lowest BCUT2D eigenvalue weighted by atomic mass is 9.46. The first-order chi connectivity index (χ1) is 14.9. The van der Waals surface area contributed by atoms with Gasteiger partial charge in [-0.05, 0) is 92.2 Å². The second-order valence-corrected chi connectivity index (χ2v) is 10.6. The van der Waals surface area contributed by atoms with E-state index in [9.17, 15) is 9.90 Å². The lowest BCUT2D eigenvalue weighted by Gasteiger charge is -2.58. The molecular weight excluding hydrogens is 380 g/mol. The van der Waals surface area contributed by atoms with Crippen LogP contribution in [0.5, 0.6) is 0 Å². The fraction of sp³-hybridized carbons (Fsp3) is 0.552. The van der Waals surface area contributed by atoms with Crippen LogP contribution in [-0.2, 0) is 4.79 Å². The second kappa shape index (κ2) is 7.49. The fourth-order valence-electron chi connectivity index (χ4n) is 7.95. The minimum atomic E-state index is -0.894. The Morgan fingerprint density at radius 1 is 1.13 bits per heavy atom. The Kier molecular flexibility index (Phi) is 5.02. The van der Waals surface area contributed by atoms with Crippen LogP contribution in [-0.4, -0.2) is 16.5 Å². The highest BCUT2D eigenvalue weighted by molar-refractivity contribution is 5.91. The number of benzene rings is 1. The van der Waals surface area contributed by atoms with Crippen molar-refractivity contribution in [2.45, 2.75) is 70.3 Å². The zero-order chi connectivity index (χ0) is 21.8. The first kappa shape index (κ1) is 20.8. The number of fused-ring (bicyclic) bond motifs is 5. The Balaban J connectivity index is 1.62. The van der Waals surface area contributed by atoms with Gasteiger partial charge in [0.15, 0.2) is 5.78 Å². The lowest BCUT2D eigenvalue weighted by molar-refractivity contribution is -0.117. The Morgan fingerprint density at radius 2 is 1.90 bits per heavy atom. The zero-order valence-electron chi connectivity index (χ0n) is 18.9. The number of aliphatic hydroxyl groups is 1. The molecule has 4 aliphatic carbocycles. The van der Waals surface area contributed by atoms with E-state index >= 15 is 0 Å². The quantitative estimate of drug-likeness (QED) is 0.610. The average Bonchev–Trinajstić information content (AvgIpc) is 3.03. The van der Waals surface area contributed by atoms with Gasteiger partial charge in [-0.15, -0.1) is 5.92 Å². The minimum Gasteiger partial charge on any atom is -0.377 e. The highest BCUT2D eigenvalue weighted by Gasteiger charge is 2.64. The summed E-state index contributed by atoms with van der Waals surface area (Å²) in [6.07, 6.45) is 10.6. The van der Waals surface area contributed by atoms with Gasteiger partial charge in [-0.25, -0.2) is 0 Å². The van der Waals surface area contributed by atoms with Crippen molar-refractivity contribution in [2.24, 2.45) is 29.1 Å². The Morgan fingerprint density at radius 3 is 2.61 bits per heavy atom. The van der Waals surface area contributed by atoms with Crippen molar-refractivity contribution in [2.75, 3.05) is 0 Å². The maximum Gasteiger partial charge on any atom is 0.155 e. The van der Waals surface area contributed by atoms with E-state index in [1.54, 1.807) is 0 Å². The van der Waals surface area contributed by atoms with E-state index in [-0.39, 0.29) is 5.41 Å². The van der Waals surface area contributed by atoms with Gasteiger partial charge in [0.25, 0.3) is 0 Å². The van der Waals surface area contributed by atoms with Crippen molar-refractivity contribution in [1.29, 1.82) is 0 Å². The molecule has 0 spiro atoms. The molecule has 0 aromatic heterocycles. The van der Waals surface area contributed by atoms with Crippen LogP contribution in [0.3, 0.4) is 0 Å². The third kappa shape index (κ3) is 3.08. The molecular formula is C29H34O2. The number of rotatable bonds is 2. The molecule has 2 nitrogen and oxygen atoms in total. The molecule has 1 N–H and O–H groups in total. The summed E-state index contributed by atoms with van der Waals surface area (Å²) in [5.41, 5.74) is 2.83. The van der Waals surface area contributed by atoms with Crippen LogP contribution in [0.4, 0.5) is 0 Å². The first-order valence-electron chi connectivity index (χ1n) is 12.0. The summed E-state index contributed by atoms with van der Waals surface area (Å²) in [6, 6.07) is 8.88. The van der Waals surface area contributed by atoms with Crippen molar-refractivity contribution in [3.8, 4) is 11.8 Å². The van der Waals surface area contributed by atoms with Crippen LogP contribution in [0.25, 0.3) is 6.08 Å². The number of carbonyl (C=O) groups excluding carboxylic acids is 1. The summed E-state index contributed by atoms with van der Waals surface area (Å²) in [5, 5.41) is 11.7. The monoisotopic (exact) mass is 414 g/mol. The SMILES string of the molecule is C=Cc1ccc([C@H]2C[C@@]3(C)[C@@H](CC[C@@]3(O)C#CC)[C@@H]3CCC4=CC(=O)CC[C@@H]4[C@H]32)cc1. The van der Waals surface area contributed by atoms with E-state index < -0.39 is 5.60 Å². The summed E-state index contributed by atoms with van der Waals surface area (Å²) in [5.74, 6) is 9.14. The largest absolute Gasteiger partial charge is 0.377 e. The topological polar surface area (TPSA) is 37.3 Å². The van der Waals surface area contributed by atoms with Crippen LogP contribution >= 0.6 is 0 Å². The lowest BCUT2D eigenvalue weighted by Crippen LogP contribution is -2.54. The number of ketones is 1. The van der Waals surface area contributed by atoms with E-state index in [0.717, 1.165) is 44.1 Å². The van der Waals surface area contributed by atoms with E-state index in [4.69, 9.17) is 0 Å². The number of hydrogen-bond acceptors (Lipinski definition) is 2. The highest BCUT2D eigenvalue weighted by Crippen LogP contribution is 2.68. The number of hydrogen-bond donors (Lipinski definition) is 1. The number of allylic oxidation sites excluding steroid dienone is 1. The van der Waals surface area contributed by atoms with Crippen LogP contribution in [0.2, 0.25) is 0 Å². The predicted octanol–water partition coefficient (Wildman–Crippen LogP) is 5.92. The molecule has 0 heterocycles. The third-order valence-electron chi connectivity index (χ3n) is 9.39.